The number of carbonyl (C=O) groups is 2. The van der Waals surface area contributed by atoms with E-state index < -0.39 is 11.7 Å². The monoisotopic (exact) mass is 394 g/mol. The van der Waals surface area contributed by atoms with E-state index in [1.54, 1.807) is 6.92 Å². The van der Waals surface area contributed by atoms with Crippen molar-refractivity contribution >= 4 is 11.6 Å². The van der Waals surface area contributed by atoms with Crippen molar-refractivity contribution in [2.24, 2.45) is 11.8 Å². The normalized spacial score (nSPS) is 24.6. The second-order valence-corrected chi connectivity index (χ2v) is 8.33. The first-order valence-corrected chi connectivity index (χ1v) is 10.6. The summed E-state index contributed by atoms with van der Waals surface area (Å²) in [6, 6.07) is 0. The smallest absolute Gasteiger partial charge is 0.158 e. The average Bonchev–Trinajstić information content (AvgIpc) is 2.91. The molecule has 0 radical (unpaired) electrons. The number of hydrogen-bond acceptors (Lipinski definition) is 5. The van der Waals surface area contributed by atoms with Gasteiger partial charge in [0.15, 0.2) is 5.78 Å². The van der Waals surface area contributed by atoms with E-state index in [9.17, 15) is 19.8 Å². The van der Waals surface area contributed by atoms with Crippen LogP contribution in [0, 0.1) is 11.8 Å². The molecule has 0 bridgehead atoms. The lowest BCUT2D eigenvalue weighted by Crippen LogP contribution is -2.26. The summed E-state index contributed by atoms with van der Waals surface area (Å²) in [6.45, 7) is 7.38. The zero-order chi connectivity index (χ0) is 21.2. The van der Waals surface area contributed by atoms with Crippen molar-refractivity contribution in [2.75, 3.05) is 6.61 Å². The molecule has 0 aliphatic heterocycles. The van der Waals surface area contributed by atoms with Crippen molar-refractivity contribution in [2.45, 2.75) is 89.8 Å². The summed E-state index contributed by atoms with van der Waals surface area (Å²) in [5.74, 6) is -0.385. The number of carbonyl (C=O) groups excluding carboxylic acids is 2. The van der Waals surface area contributed by atoms with Crippen LogP contribution in [-0.2, 0) is 9.59 Å². The topological polar surface area (TPSA) is 94.8 Å². The summed E-state index contributed by atoms with van der Waals surface area (Å²) < 4.78 is 0. The maximum atomic E-state index is 12.3. The van der Waals surface area contributed by atoms with Gasteiger partial charge >= 0.3 is 0 Å². The maximum absolute atomic E-state index is 12.3. The fourth-order valence-electron chi connectivity index (χ4n) is 3.88. The highest BCUT2D eigenvalue weighted by Gasteiger charge is 2.39. The van der Waals surface area contributed by atoms with Crippen LogP contribution in [-0.4, -0.2) is 45.2 Å². The van der Waals surface area contributed by atoms with E-state index in [4.69, 9.17) is 5.11 Å². The number of aliphatic hydroxyl groups is 3. The van der Waals surface area contributed by atoms with E-state index in [2.05, 4.69) is 6.58 Å². The Balaban J connectivity index is 2.49. The van der Waals surface area contributed by atoms with Crippen LogP contribution in [0.1, 0.15) is 78.1 Å². The van der Waals surface area contributed by atoms with Gasteiger partial charge in [-0.25, -0.2) is 0 Å². The van der Waals surface area contributed by atoms with E-state index in [1.807, 2.05) is 19.1 Å². The van der Waals surface area contributed by atoms with Crippen LogP contribution in [0.2, 0.25) is 0 Å². The third-order valence-electron chi connectivity index (χ3n) is 5.82. The molecule has 4 atom stereocenters. The lowest BCUT2D eigenvalue weighted by atomic mass is 9.86. The average molecular weight is 395 g/mol. The van der Waals surface area contributed by atoms with Gasteiger partial charge in [-0.2, -0.15) is 0 Å². The molecule has 0 saturated heterocycles. The molecule has 1 aliphatic rings. The molecule has 0 aromatic rings. The largest absolute Gasteiger partial charge is 0.392 e. The summed E-state index contributed by atoms with van der Waals surface area (Å²) in [4.78, 5) is 23.3. The standard InChI is InChI=1S/C23H38O5/c1-4-10-17(2)23(3,28)14-9-13-20-19(21(26)15-22(20)27)12-8-6-5-7-11-18(25)16-24/h9,13,19-20,22,24,27-28H,2,4-8,10-12,14-16H2,1,3H3/t19-,20-,22-,23?/m1/s1. The van der Waals surface area contributed by atoms with Crippen molar-refractivity contribution in [3.8, 4) is 0 Å². The Bertz CT molecular complexity index is 549. The number of hydrogen-bond donors (Lipinski definition) is 3. The first-order chi connectivity index (χ1) is 13.2. The van der Waals surface area contributed by atoms with Crippen LogP contribution in [0.3, 0.4) is 0 Å². The molecule has 1 saturated carbocycles. The summed E-state index contributed by atoms with van der Waals surface area (Å²) in [5.41, 5.74) is -0.166. The fourth-order valence-corrected chi connectivity index (χ4v) is 3.88. The molecule has 5 heteroatoms. The van der Waals surface area contributed by atoms with Gasteiger partial charge in [-0.1, -0.05) is 51.3 Å². The molecule has 3 N–H and O–H groups in total. The predicted molar refractivity (Wildman–Crippen MR) is 111 cm³/mol. The van der Waals surface area contributed by atoms with E-state index in [-0.39, 0.29) is 36.4 Å². The van der Waals surface area contributed by atoms with Gasteiger partial charge in [-0.15, -0.1) is 0 Å². The van der Waals surface area contributed by atoms with Crippen molar-refractivity contribution in [1.29, 1.82) is 0 Å². The van der Waals surface area contributed by atoms with Gasteiger partial charge in [0.25, 0.3) is 0 Å². The molecular weight excluding hydrogens is 356 g/mol. The Morgan fingerprint density at radius 3 is 2.57 bits per heavy atom. The maximum Gasteiger partial charge on any atom is 0.158 e. The SMILES string of the molecule is C=C(CCC)C(C)(O)CC=C[C@H]1[C@H](O)CC(=O)[C@@H]1CCCCCCC(=O)CO. The van der Waals surface area contributed by atoms with E-state index in [0.29, 0.717) is 12.8 Å². The minimum Gasteiger partial charge on any atom is -0.392 e. The van der Waals surface area contributed by atoms with Gasteiger partial charge < -0.3 is 15.3 Å². The highest BCUT2D eigenvalue weighted by atomic mass is 16.3. The van der Waals surface area contributed by atoms with Crippen molar-refractivity contribution in [3.63, 3.8) is 0 Å². The van der Waals surface area contributed by atoms with Gasteiger partial charge in [0.2, 0.25) is 0 Å². The highest BCUT2D eigenvalue weighted by Crippen LogP contribution is 2.35. The third kappa shape index (κ3) is 7.98. The Labute approximate surface area is 169 Å². The van der Waals surface area contributed by atoms with Gasteiger partial charge in [-0.05, 0) is 38.2 Å². The molecular formula is C23H38O5. The number of Topliss-reactive ketones (excluding diaryl/α,β-unsaturated/α-hetero) is 2. The molecule has 5 nitrogen and oxygen atoms in total. The van der Waals surface area contributed by atoms with Crippen LogP contribution >= 0.6 is 0 Å². The van der Waals surface area contributed by atoms with E-state index >= 15 is 0 Å². The number of rotatable bonds is 14. The Kier molecular flexibility index (Phi) is 10.9. The summed E-state index contributed by atoms with van der Waals surface area (Å²) in [7, 11) is 0. The quantitative estimate of drug-likeness (QED) is 0.310. The molecule has 1 fully saturated rings. The van der Waals surface area contributed by atoms with Crippen molar-refractivity contribution < 1.29 is 24.9 Å². The molecule has 0 aromatic heterocycles. The molecule has 28 heavy (non-hydrogen) atoms. The van der Waals surface area contributed by atoms with Crippen LogP contribution in [0.15, 0.2) is 24.3 Å². The van der Waals surface area contributed by atoms with E-state index in [1.165, 1.54) is 0 Å². The van der Waals surface area contributed by atoms with Gasteiger partial charge in [0.05, 0.1) is 11.7 Å². The van der Waals surface area contributed by atoms with Crippen LogP contribution in [0.25, 0.3) is 0 Å². The minimum absolute atomic E-state index is 0.111. The zero-order valence-electron chi connectivity index (χ0n) is 17.5. The zero-order valence-corrected chi connectivity index (χ0v) is 17.5. The molecule has 0 aromatic carbocycles. The summed E-state index contributed by atoms with van der Waals surface area (Å²) in [5, 5.41) is 29.5. The highest BCUT2D eigenvalue weighted by molar-refractivity contribution is 5.84. The molecule has 1 aliphatic carbocycles. The summed E-state index contributed by atoms with van der Waals surface area (Å²) >= 11 is 0. The second-order valence-electron chi connectivity index (χ2n) is 8.33. The molecule has 0 heterocycles. The first kappa shape index (κ1) is 24.7. The molecule has 1 rings (SSSR count). The molecule has 0 spiro atoms. The molecule has 1 unspecified atom stereocenters. The Morgan fingerprint density at radius 2 is 1.93 bits per heavy atom. The number of ketones is 2. The molecule has 0 amide bonds. The van der Waals surface area contributed by atoms with Gasteiger partial charge in [0, 0.05) is 24.7 Å². The lowest BCUT2D eigenvalue weighted by molar-refractivity contribution is -0.122. The minimum atomic E-state index is -0.971. The fraction of sp³-hybridized carbons (Fsp3) is 0.739. The van der Waals surface area contributed by atoms with E-state index in [0.717, 1.165) is 50.5 Å². The van der Waals surface area contributed by atoms with Crippen LogP contribution in [0.4, 0.5) is 0 Å². The first-order valence-electron chi connectivity index (χ1n) is 10.6. The van der Waals surface area contributed by atoms with Crippen LogP contribution < -0.4 is 0 Å². The molecule has 160 valence electrons. The van der Waals surface area contributed by atoms with Crippen molar-refractivity contribution in [3.05, 3.63) is 24.3 Å². The van der Waals surface area contributed by atoms with Gasteiger partial charge in [0.1, 0.15) is 12.4 Å². The Morgan fingerprint density at radius 1 is 1.25 bits per heavy atom. The van der Waals surface area contributed by atoms with Gasteiger partial charge in [-0.3, -0.25) is 9.59 Å². The number of aliphatic hydroxyl groups excluding tert-OH is 2. The number of unbranched alkanes of at least 4 members (excludes halogenated alkanes) is 3. The second kappa shape index (κ2) is 12.3. The van der Waals surface area contributed by atoms with Crippen molar-refractivity contribution in [1.82, 2.24) is 0 Å². The predicted octanol–water partition coefficient (Wildman–Crippen LogP) is 3.51. The lowest BCUT2D eigenvalue weighted by Gasteiger charge is -2.25. The Hall–Kier alpha value is -1.30. The third-order valence-corrected chi connectivity index (χ3v) is 5.82. The van der Waals surface area contributed by atoms with Crippen LogP contribution in [0.5, 0.6) is 0 Å². The summed E-state index contributed by atoms with van der Waals surface area (Å²) in [6.07, 6.45) is 10.1.